The summed E-state index contributed by atoms with van der Waals surface area (Å²) in [5.41, 5.74) is 2.26. The van der Waals surface area contributed by atoms with Gasteiger partial charge in [0.2, 0.25) is 0 Å². The number of hydrogen-bond donors (Lipinski definition) is 0. The van der Waals surface area contributed by atoms with Gasteiger partial charge in [0.25, 0.3) is 0 Å². The zero-order chi connectivity index (χ0) is 15.6. The van der Waals surface area contributed by atoms with Gasteiger partial charge in [-0.15, -0.1) is 0 Å². The van der Waals surface area contributed by atoms with Gasteiger partial charge in [0, 0.05) is 11.5 Å². The number of aryl methyl sites for hydroxylation is 1. The molecule has 0 spiro atoms. The Morgan fingerprint density at radius 2 is 1.76 bits per heavy atom. The lowest BCUT2D eigenvalue weighted by atomic mass is 9.68. The molecular formula is C19H28O2. The van der Waals surface area contributed by atoms with Gasteiger partial charge in [0.15, 0.2) is 5.78 Å². The predicted octanol–water partition coefficient (Wildman–Crippen LogP) is 5.04. The fraction of sp³-hybridized carbons (Fsp3) is 0.632. The van der Waals surface area contributed by atoms with Gasteiger partial charge in [-0.1, -0.05) is 20.8 Å². The first-order valence-corrected chi connectivity index (χ1v) is 8.01. The molecule has 0 N–H and O–H groups in total. The highest BCUT2D eigenvalue weighted by molar-refractivity contribution is 5.99. The van der Waals surface area contributed by atoms with E-state index in [9.17, 15) is 4.79 Å². The first-order chi connectivity index (χ1) is 9.82. The topological polar surface area (TPSA) is 26.3 Å². The predicted molar refractivity (Wildman–Crippen MR) is 87.0 cm³/mol. The monoisotopic (exact) mass is 288 g/mol. The molecule has 0 atom stereocenters. The average Bonchev–Trinajstić information content (AvgIpc) is 2.45. The van der Waals surface area contributed by atoms with Crippen LogP contribution in [0.25, 0.3) is 0 Å². The molecule has 2 rings (SSSR count). The summed E-state index contributed by atoms with van der Waals surface area (Å²) in [7, 11) is 1.66. The summed E-state index contributed by atoms with van der Waals surface area (Å²) in [5.74, 6) is 2.09. The van der Waals surface area contributed by atoms with Crippen molar-refractivity contribution in [2.75, 3.05) is 7.11 Å². The summed E-state index contributed by atoms with van der Waals surface area (Å²) in [6.45, 7) is 8.94. The molecule has 2 heteroatoms. The third-order valence-corrected chi connectivity index (χ3v) is 5.02. The second kappa shape index (κ2) is 6.21. The van der Waals surface area contributed by atoms with Crippen molar-refractivity contribution in [2.45, 2.75) is 53.4 Å². The van der Waals surface area contributed by atoms with Crippen molar-refractivity contribution in [3.05, 3.63) is 29.3 Å². The number of benzene rings is 1. The molecule has 1 aromatic rings. The van der Waals surface area contributed by atoms with Crippen LogP contribution in [-0.2, 0) is 0 Å². The molecule has 0 aliphatic heterocycles. The minimum absolute atomic E-state index is 0.204. The number of methoxy groups -OCH3 is 1. The Hall–Kier alpha value is -1.31. The lowest BCUT2D eigenvalue weighted by molar-refractivity contribution is 0.0819. The van der Waals surface area contributed by atoms with Crippen molar-refractivity contribution in [3.63, 3.8) is 0 Å². The Labute approximate surface area is 128 Å². The highest BCUT2D eigenvalue weighted by Crippen LogP contribution is 2.40. The van der Waals surface area contributed by atoms with Crippen molar-refractivity contribution >= 4 is 5.78 Å². The van der Waals surface area contributed by atoms with E-state index in [2.05, 4.69) is 20.8 Å². The molecule has 0 unspecified atom stereocenters. The Morgan fingerprint density at radius 3 is 2.24 bits per heavy atom. The molecule has 1 aromatic carbocycles. The van der Waals surface area contributed by atoms with Crippen LogP contribution >= 0.6 is 0 Å². The molecule has 116 valence electrons. The Balaban J connectivity index is 2.05. The summed E-state index contributed by atoms with van der Waals surface area (Å²) in [6.07, 6.45) is 4.42. The maximum Gasteiger partial charge on any atom is 0.166 e. The van der Waals surface area contributed by atoms with E-state index in [1.165, 1.54) is 12.8 Å². The fourth-order valence-corrected chi connectivity index (χ4v) is 3.48. The largest absolute Gasteiger partial charge is 0.497 e. The van der Waals surface area contributed by atoms with Gasteiger partial charge in [-0.05, 0) is 67.7 Å². The van der Waals surface area contributed by atoms with E-state index in [-0.39, 0.29) is 5.92 Å². The van der Waals surface area contributed by atoms with Gasteiger partial charge < -0.3 is 4.74 Å². The minimum Gasteiger partial charge on any atom is -0.497 e. The van der Waals surface area contributed by atoms with E-state index in [0.717, 1.165) is 35.6 Å². The number of ketones is 1. The van der Waals surface area contributed by atoms with Crippen LogP contribution in [0.15, 0.2) is 18.2 Å². The summed E-state index contributed by atoms with van der Waals surface area (Å²) < 4.78 is 5.22. The van der Waals surface area contributed by atoms with E-state index in [4.69, 9.17) is 4.74 Å². The number of carbonyl (C=O) groups excluding carboxylic acids is 1. The molecule has 21 heavy (non-hydrogen) atoms. The number of rotatable bonds is 3. The molecule has 0 bridgehead atoms. The lowest BCUT2D eigenvalue weighted by Crippen LogP contribution is -2.29. The molecular weight excluding hydrogens is 260 g/mol. The van der Waals surface area contributed by atoms with E-state index >= 15 is 0 Å². The molecule has 1 saturated carbocycles. The molecule has 0 saturated heterocycles. The van der Waals surface area contributed by atoms with Gasteiger partial charge in [0.05, 0.1) is 7.11 Å². The third-order valence-electron chi connectivity index (χ3n) is 5.02. The Bertz CT molecular complexity index is 503. The number of carbonyl (C=O) groups is 1. The highest BCUT2D eigenvalue weighted by atomic mass is 16.5. The molecule has 2 nitrogen and oxygen atoms in total. The summed E-state index contributed by atoms with van der Waals surface area (Å²) in [5, 5.41) is 0. The van der Waals surface area contributed by atoms with Crippen LogP contribution < -0.4 is 4.74 Å². The van der Waals surface area contributed by atoms with Crippen molar-refractivity contribution in [3.8, 4) is 5.75 Å². The van der Waals surface area contributed by atoms with Crippen molar-refractivity contribution in [1.29, 1.82) is 0 Å². The summed E-state index contributed by atoms with van der Waals surface area (Å²) in [6, 6.07) is 5.77. The van der Waals surface area contributed by atoms with Crippen LogP contribution in [-0.4, -0.2) is 12.9 Å². The van der Waals surface area contributed by atoms with Crippen molar-refractivity contribution in [2.24, 2.45) is 17.3 Å². The van der Waals surface area contributed by atoms with Gasteiger partial charge in [0.1, 0.15) is 5.75 Å². The molecule has 0 radical (unpaired) electrons. The first kappa shape index (κ1) is 16.1. The second-order valence-electron chi connectivity index (χ2n) is 7.46. The average molecular weight is 288 g/mol. The van der Waals surface area contributed by atoms with Crippen LogP contribution in [0, 0.1) is 24.2 Å². The molecule has 0 amide bonds. The molecule has 0 heterocycles. The third kappa shape index (κ3) is 3.66. The summed E-state index contributed by atoms with van der Waals surface area (Å²) >= 11 is 0. The second-order valence-corrected chi connectivity index (χ2v) is 7.46. The Kier molecular flexibility index (Phi) is 4.75. The quantitative estimate of drug-likeness (QED) is 0.728. The zero-order valence-corrected chi connectivity index (χ0v) is 14.0. The number of Topliss-reactive ketones (excluding diaryl/α,β-unsaturated/α-hetero) is 1. The maximum absolute atomic E-state index is 12.7. The Morgan fingerprint density at radius 1 is 1.14 bits per heavy atom. The van der Waals surface area contributed by atoms with Crippen LogP contribution in [0.3, 0.4) is 0 Å². The van der Waals surface area contributed by atoms with E-state index in [1.807, 2.05) is 25.1 Å². The molecule has 1 aliphatic rings. The highest BCUT2D eigenvalue weighted by Gasteiger charge is 2.32. The first-order valence-electron chi connectivity index (χ1n) is 8.01. The molecule has 1 fully saturated rings. The number of hydrogen-bond acceptors (Lipinski definition) is 2. The van der Waals surface area contributed by atoms with Crippen LogP contribution in [0.4, 0.5) is 0 Å². The van der Waals surface area contributed by atoms with Gasteiger partial charge in [-0.2, -0.15) is 0 Å². The normalized spacial score (nSPS) is 22.9. The van der Waals surface area contributed by atoms with E-state index in [0.29, 0.717) is 11.2 Å². The van der Waals surface area contributed by atoms with Gasteiger partial charge >= 0.3 is 0 Å². The number of ether oxygens (including phenoxy) is 1. The lowest BCUT2D eigenvalue weighted by Gasteiger charge is -2.36. The SMILES string of the molecule is COc1ccc(C(=O)C2CCC(C(C)(C)C)CC2)c(C)c1. The van der Waals surface area contributed by atoms with Crippen LogP contribution in [0.2, 0.25) is 0 Å². The van der Waals surface area contributed by atoms with E-state index < -0.39 is 0 Å². The maximum atomic E-state index is 12.7. The van der Waals surface area contributed by atoms with E-state index in [1.54, 1.807) is 7.11 Å². The standard InChI is InChI=1S/C19H28O2/c1-13-12-16(21-5)10-11-17(13)18(20)14-6-8-15(9-7-14)19(2,3)4/h10-12,14-15H,6-9H2,1-5H3. The summed E-state index contributed by atoms with van der Waals surface area (Å²) in [4.78, 5) is 12.7. The molecule has 1 aliphatic carbocycles. The van der Waals surface area contributed by atoms with Crippen LogP contribution in [0.1, 0.15) is 62.4 Å². The van der Waals surface area contributed by atoms with Gasteiger partial charge in [-0.25, -0.2) is 0 Å². The van der Waals surface area contributed by atoms with Gasteiger partial charge in [-0.3, -0.25) is 4.79 Å². The van der Waals surface area contributed by atoms with Crippen LogP contribution in [0.5, 0.6) is 5.75 Å². The van der Waals surface area contributed by atoms with Crippen molar-refractivity contribution in [1.82, 2.24) is 0 Å². The minimum atomic E-state index is 0.204. The molecule has 0 aromatic heterocycles. The zero-order valence-electron chi connectivity index (χ0n) is 14.0. The van der Waals surface area contributed by atoms with Crippen molar-refractivity contribution < 1.29 is 9.53 Å². The fourth-order valence-electron chi connectivity index (χ4n) is 3.48. The smallest absolute Gasteiger partial charge is 0.166 e.